The summed E-state index contributed by atoms with van der Waals surface area (Å²) >= 11 is 5.55. The third-order valence-electron chi connectivity index (χ3n) is 2.69. The first kappa shape index (κ1) is 13.3. The van der Waals surface area contributed by atoms with E-state index in [9.17, 15) is 8.42 Å². The predicted octanol–water partition coefficient (Wildman–Crippen LogP) is 2.21. The first-order chi connectivity index (χ1) is 8.63. The smallest absolute Gasteiger partial charge is 0.235 e. The maximum absolute atomic E-state index is 11.8. The zero-order chi connectivity index (χ0) is 13.0. The summed E-state index contributed by atoms with van der Waals surface area (Å²) in [5.41, 5.74) is 1.52. The largest absolute Gasteiger partial charge is 0.270 e. The second kappa shape index (κ2) is 5.64. The van der Waals surface area contributed by atoms with E-state index >= 15 is 0 Å². The lowest BCUT2D eigenvalue weighted by molar-refractivity contribution is 0.599. The highest BCUT2D eigenvalue weighted by atomic mass is 35.5. The number of benzene rings is 1. The fraction of sp³-hybridized carbons (Fsp3) is 0.385. The summed E-state index contributed by atoms with van der Waals surface area (Å²) in [5, 5.41) is 0. The zero-order valence-electron chi connectivity index (χ0n) is 9.89. The maximum Gasteiger partial charge on any atom is 0.235 e. The molecule has 18 heavy (non-hydrogen) atoms. The molecule has 1 aromatic rings. The number of alkyl halides is 1. The van der Waals surface area contributed by atoms with Crippen molar-refractivity contribution in [3.63, 3.8) is 0 Å². The van der Waals surface area contributed by atoms with E-state index in [2.05, 4.69) is 11.8 Å². The molecule has 96 valence electrons. The van der Waals surface area contributed by atoms with Crippen molar-refractivity contribution < 1.29 is 8.42 Å². The molecular weight excluding hydrogens is 270 g/mol. The molecule has 1 heterocycles. The Labute approximate surface area is 113 Å². The van der Waals surface area contributed by atoms with Gasteiger partial charge in [0.15, 0.2) is 0 Å². The lowest BCUT2D eigenvalue weighted by Gasteiger charge is -2.16. The van der Waals surface area contributed by atoms with E-state index in [1.807, 2.05) is 18.2 Å². The first-order valence-electron chi connectivity index (χ1n) is 5.79. The summed E-state index contributed by atoms with van der Waals surface area (Å²) in [6, 6.07) is 7.31. The molecule has 5 heteroatoms. The number of anilines is 1. The van der Waals surface area contributed by atoms with Gasteiger partial charge in [0.25, 0.3) is 0 Å². The van der Waals surface area contributed by atoms with Gasteiger partial charge < -0.3 is 0 Å². The molecule has 0 saturated carbocycles. The van der Waals surface area contributed by atoms with Gasteiger partial charge in [-0.15, -0.1) is 11.6 Å². The Balaban J connectivity index is 2.26. The number of sulfonamides is 1. The summed E-state index contributed by atoms with van der Waals surface area (Å²) in [6.45, 7) is 0.556. The molecule has 0 bridgehead atoms. The molecule has 1 aliphatic heterocycles. The van der Waals surface area contributed by atoms with E-state index in [-0.39, 0.29) is 5.75 Å². The van der Waals surface area contributed by atoms with Crippen molar-refractivity contribution in [3.05, 3.63) is 29.8 Å². The fourth-order valence-electron chi connectivity index (χ4n) is 1.88. The molecule has 1 aliphatic rings. The molecule has 0 unspecified atom stereocenters. The summed E-state index contributed by atoms with van der Waals surface area (Å²) in [6.07, 6.45) is 1.32. The van der Waals surface area contributed by atoms with E-state index in [0.717, 1.165) is 5.56 Å². The van der Waals surface area contributed by atoms with Crippen LogP contribution in [-0.4, -0.2) is 26.6 Å². The predicted molar refractivity (Wildman–Crippen MR) is 74.4 cm³/mol. The van der Waals surface area contributed by atoms with E-state index in [4.69, 9.17) is 11.6 Å². The van der Waals surface area contributed by atoms with Crippen LogP contribution in [0.25, 0.3) is 0 Å². The Morgan fingerprint density at radius 2 is 2.22 bits per heavy atom. The van der Waals surface area contributed by atoms with Crippen LogP contribution < -0.4 is 4.31 Å². The van der Waals surface area contributed by atoms with Crippen LogP contribution in [0, 0.1) is 11.8 Å². The standard InChI is InChI=1S/C13H14ClNO2S/c14-8-2-1-5-12-6-3-7-13(11-12)15-9-4-10-18(15,16)17/h3,6-7,11H,2,4,8-10H2. The van der Waals surface area contributed by atoms with Gasteiger partial charge in [-0.1, -0.05) is 17.9 Å². The van der Waals surface area contributed by atoms with Crippen molar-refractivity contribution in [2.75, 3.05) is 22.5 Å². The number of rotatable bonds is 2. The minimum absolute atomic E-state index is 0.231. The summed E-state index contributed by atoms with van der Waals surface area (Å²) in [7, 11) is -3.12. The SMILES string of the molecule is O=S1(=O)CCCN1c1cccc(C#CCCCl)c1. The number of hydrogen-bond acceptors (Lipinski definition) is 2. The quantitative estimate of drug-likeness (QED) is 0.616. The van der Waals surface area contributed by atoms with Gasteiger partial charge in [-0.3, -0.25) is 4.31 Å². The average molecular weight is 284 g/mol. The number of nitrogens with zero attached hydrogens (tertiary/aromatic N) is 1. The third-order valence-corrected chi connectivity index (χ3v) is 4.74. The molecule has 0 radical (unpaired) electrons. The van der Waals surface area contributed by atoms with Gasteiger partial charge in [0.05, 0.1) is 11.4 Å². The van der Waals surface area contributed by atoms with Crippen LogP contribution in [0.1, 0.15) is 18.4 Å². The molecule has 0 amide bonds. The molecule has 1 fully saturated rings. The van der Waals surface area contributed by atoms with Crippen LogP contribution in [0.2, 0.25) is 0 Å². The summed E-state index contributed by atoms with van der Waals surface area (Å²) < 4.78 is 25.1. The lowest BCUT2D eigenvalue weighted by Crippen LogP contribution is -2.24. The zero-order valence-corrected chi connectivity index (χ0v) is 11.5. The van der Waals surface area contributed by atoms with Gasteiger partial charge in [0, 0.05) is 24.4 Å². The number of hydrogen-bond donors (Lipinski definition) is 0. The van der Waals surface area contributed by atoms with Crippen molar-refractivity contribution in [2.24, 2.45) is 0 Å². The number of halogens is 1. The van der Waals surface area contributed by atoms with Gasteiger partial charge in [0.2, 0.25) is 10.0 Å². The molecule has 0 atom stereocenters. The Morgan fingerprint density at radius 1 is 1.39 bits per heavy atom. The molecular formula is C13H14ClNO2S. The summed E-state index contributed by atoms with van der Waals surface area (Å²) in [4.78, 5) is 0. The van der Waals surface area contributed by atoms with Gasteiger partial charge >= 0.3 is 0 Å². The highest BCUT2D eigenvalue weighted by Crippen LogP contribution is 2.24. The Hall–Kier alpha value is -1.18. The van der Waals surface area contributed by atoms with E-state index in [1.165, 1.54) is 4.31 Å². The monoisotopic (exact) mass is 283 g/mol. The van der Waals surface area contributed by atoms with Crippen molar-refractivity contribution >= 4 is 27.3 Å². The molecule has 0 N–H and O–H groups in total. The topological polar surface area (TPSA) is 37.4 Å². The van der Waals surface area contributed by atoms with Crippen molar-refractivity contribution in [1.82, 2.24) is 0 Å². The Bertz CT molecular complexity index is 586. The second-order valence-corrected chi connectivity index (χ2v) is 6.42. The molecule has 0 spiro atoms. The van der Waals surface area contributed by atoms with Crippen LogP contribution in [0.3, 0.4) is 0 Å². The lowest BCUT2D eigenvalue weighted by atomic mass is 10.2. The maximum atomic E-state index is 11.8. The Kier molecular flexibility index (Phi) is 4.15. The highest BCUT2D eigenvalue weighted by molar-refractivity contribution is 7.93. The van der Waals surface area contributed by atoms with Gasteiger partial charge in [-0.05, 0) is 24.6 Å². The van der Waals surface area contributed by atoms with Gasteiger partial charge in [0.1, 0.15) is 0 Å². The molecule has 1 saturated heterocycles. The molecule has 0 aliphatic carbocycles. The highest BCUT2D eigenvalue weighted by Gasteiger charge is 2.28. The molecule has 0 aromatic heterocycles. The fourth-order valence-corrected chi connectivity index (χ4v) is 3.53. The van der Waals surface area contributed by atoms with Crippen molar-refractivity contribution in [3.8, 4) is 11.8 Å². The summed E-state index contributed by atoms with van der Waals surface area (Å²) in [5.74, 6) is 6.66. The van der Waals surface area contributed by atoms with E-state index < -0.39 is 10.0 Å². The third kappa shape index (κ3) is 2.98. The van der Waals surface area contributed by atoms with Crippen LogP contribution >= 0.6 is 11.6 Å². The normalized spacial score (nSPS) is 17.3. The Morgan fingerprint density at radius 3 is 2.89 bits per heavy atom. The molecule has 2 rings (SSSR count). The molecule has 3 nitrogen and oxygen atoms in total. The van der Waals surface area contributed by atoms with Crippen LogP contribution in [-0.2, 0) is 10.0 Å². The van der Waals surface area contributed by atoms with Gasteiger partial charge in [-0.2, -0.15) is 0 Å². The van der Waals surface area contributed by atoms with E-state index in [0.29, 0.717) is 31.0 Å². The molecule has 1 aromatic carbocycles. The van der Waals surface area contributed by atoms with Crippen LogP contribution in [0.5, 0.6) is 0 Å². The minimum atomic E-state index is -3.12. The minimum Gasteiger partial charge on any atom is -0.270 e. The second-order valence-electron chi connectivity index (χ2n) is 4.03. The van der Waals surface area contributed by atoms with Crippen molar-refractivity contribution in [2.45, 2.75) is 12.8 Å². The van der Waals surface area contributed by atoms with Gasteiger partial charge in [-0.25, -0.2) is 8.42 Å². The van der Waals surface area contributed by atoms with Crippen LogP contribution in [0.4, 0.5) is 5.69 Å². The van der Waals surface area contributed by atoms with Crippen molar-refractivity contribution in [1.29, 1.82) is 0 Å². The first-order valence-corrected chi connectivity index (χ1v) is 7.93. The van der Waals surface area contributed by atoms with E-state index in [1.54, 1.807) is 6.07 Å². The average Bonchev–Trinajstić information content (AvgIpc) is 2.70. The van der Waals surface area contributed by atoms with Crippen LogP contribution in [0.15, 0.2) is 24.3 Å².